The zero-order valence-corrected chi connectivity index (χ0v) is 7.92. The van der Waals surface area contributed by atoms with E-state index in [9.17, 15) is 0 Å². The van der Waals surface area contributed by atoms with Crippen LogP contribution in [0, 0.1) is 0 Å². The molecule has 0 N–H and O–H groups in total. The van der Waals surface area contributed by atoms with Crippen LogP contribution < -0.4 is 0 Å². The lowest BCUT2D eigenvalue weighted by atomic mass is 10.2. The summed E-state index contributed by atoms with van der Waals surface area (Å²) < 4.78 is 5.41. The van der Waals surface area contributed by atoms with E-state index < -0.39 is 0 Å². The predicted octanol–water partition coefficient (Wildman–Crippen LogP) is 2.51. The summed E-state index contributed by atoms with van der Waals surface area (Å²) in [5, 5.41) is 0.697. The largest absolute Gasteiger partial charge is 0.477 e. The van der Waals surface area contributed by atoms with Crippen molar-refractivity contribution in [1.29, 1.82) is 0 Å². The Morgan fingerprint density at radius 3 is 2.85 bits per heavy atom. The molecular formula is C10H10ClNO. The van der Waals surface area contributed by atoms with E-state index in [4.69, 9.17) is 16.3 Å². The average Bonchev–Trinajstić information content (AvgIpc) is 2.20. The van der Waals surface area contributed by atoms with Crippen molar-refractivity contribution >= 4 is 17.5 Å². The normalized spacial score (nSPS) is 16.2. The molecule has 68 valence electrons. The maximum absolute atomic E-state index is 6.00. The van der Waals surface area contributed by atoms with E-state index in [0.29, 0.717) is 10.9 Å². The third-order valence-electron chi connectivity index (χ3n) is 1.90. The van der Waals surface area contributed by atoms with Gasteiger partial charge in [0, 0.05) is 13.0 Å². The molecule has 13 heavy (non-hydrogen) atoms. The minimum absolute atomic E-state index is 0.678. The number of halogens is 1. The van der Waals surface area contributed by atoms with Crippen LogP contribution in [0.15, 0.2) is 29.3 Å². The minimum Gasteiger partial charge on any atom is -0.477 e. The topological polar surface area (TPSA) is 21.6 Å². The molecule has 0 bridgehead atoms. The fourth-order valence-corrected chi connectivity index (χ4v) is 1.47. The summed E-state index contributed by atoms with van der Waals surface area (Å²) >= 11 is 6.00. The zero-order valence-electron chi connectivity index (χ0n) is 7.16. The molecule has 1 aromatic carbocycles. The molecule has 2 rings (SSSR count). The van der Waals surface area contributed by atoms with Crippen LogP contribution in [0.2, 0.25) is 5.02 Å². The smallest absolute Gasteiger partial charge is 0.217 e. The molecule has 0 aliphatic carbocycles. The Labute approximate surface area is 82.2 Å². The molecule has 0 amide bonds. The standard InChI is InChI=1S/C10H10ClNO/c11-9-5-2-1-4-8(9)10-12-6-3-7-13-10/h1-2,4-5H,3,6-7H2. The maximum Gasteiger partial charge on any atom is 0.217 e. The van der Waals surface area contributed by atoms with Crippen molar-refractivity contribution in [1.82, 2.24) is 0 Å². The molecule has 0 radical (unpaired) electrons. The number of benzene rings is 1. The van der Waals surface area contributed by atoms with Gasteiger partial charge in [0.2, 0.25) is 5.90 Å². The maximum atomic E-state index is 6.00. The molecule has 1 aliphatic rings. The summed E-state index contributed by atoms with van der Waals surface area (Å²) in [6, 6.07) is 7.60. The lowest BCUT2D eigenvalue weighted by Gasteiger charge is -2.14. The molecule has 0 saturated heterocycles. The van der Waals surface area contributed by atoms with Gasteiger partial charge in [-0.2, -0.15) is 0 Å². The van der Waals surface area contributed by atoms with Gasteiger partial charge in [0.05, 0.1) is 17.2 Å². The van der Waals surface area contributed by atoms with Crippen LogP contribution in [-0.4, -0.2) is 19.0 Å². The Hall–Kier alpha value is -1.02. The number of nitrogens with zero attached hydrogens (tertiary/aromatic N) is 1. The molecule has 2 nitrogen and oxygen atoms in total. The molecule has 1 aliphatic heterocycles. The molecule has 0 atom stereocenters. The van der Waals surface area contributed by atoms with Crippen molar-refractivity contribution in [2.45, 2.75) is 6.42 Å². The number of aliphatic imine (C=N–C) groups is 1. The average molecular weight is 196 g/mol. The Balaban J connectivity index is 2.34. The van der Waals surface area contributed by atoms with Gasteiger partial charge in [-0.3, -0.25) is 4.99 Å². The molecule has 0 fully saturated rings. The molecular weight excluding hydrogens is 186 g/mol. The first-order valence-corrected chi connectivity index (χ1v) is 4.68. The predicted molar refractivity (Wildman–Crippen MR) is 53.4 cm³/mol. The number of hydrogen-bond donors (Lipinski definition) is 0. The summed E-state index contributed by atoms with van der Waals surface area (Å²) in [5.41, 5.74) is 0.892. The molecule has 0 spiro atoms. The van der Waals surface area contributed by atoms with Crippen LogP contribution in [0.4, 0.5) is 0 Å². The summed E-state index contributed by atoms with van der Waals surface area (Å²) in [6.07, 6.45) is 0.994. The second-order valence-electron chi connectivity index (χ2n) is 2.87. The van der Waals surface area contributed by atoms with E-state index in [1.807, 2.05) is 24.3 Å². The van der Waals surface area contributed by atoms with Gasteiger partial charge in [0.25, 0.3) is 0 Å². The first-order chi connectivity index (χ1) is 6.38. The molecule has 0 unspecified atom stereocenters. The highest BCUT2D eigenvalue weighted by Crippen LogP contribution is 2.17. The third-order valence-corrected chi connectivity index (χ3v) is 2.23. The second-order valence-corrected chi connectivity index (χ2v) is 3.28. The monoisotopic (exact) mass is 195 g/mol. The van der Waals surface area contributed by atoms with Gasteiger partial charge in [-0.25, -0.2) is 0 Å². The minimum atomic E-state index is 0.678. The van der Waals surface area contributed by atoms with Crippen LogP contribution in [0.25, 0.3) is 0 Å². The molecule has 0 aromatic heterocycles. The Morgan fingerprint density at radius 2 is 2.15 bits per heavy atom. The van der Waals surface area contributed by atoms with Gasteiger partial charge in [0.15, 0.2) is 0 Å². The summed E-state index contributed by atoms with van der Waals surface area (Å²) in [4.78, 5) is 4.27. The van der Waals surface area contributed by atoms with Crippen LogP contribution >= 0.6 is 11.6 Å². The van der Waals surface area contributed by atoms with E-state index in [0.717, 1.165) is 25.1 Å². The Kier molecular flexibility index (Phi) is 2.50. The number of rotatable bonds is 1. The number of ether oxygens (including phenoxy) is 1. The van der Waals surface area contributed by atoms with E-state index in [-0.39, 0.29) is 0 Å². The van der Waals surface area contributed by atoms with Crippen molar-refractivity contribution in [3.8, 4) is 0 Å². The SMILES string of the molecule is Clc1ccccc1C1=NCCCO1. The van der Waals surface area contributed by atoms with E-state index in [2.05, 4.69) is 4.99 Å². The van der Waals surface area contributed by atoms with Gasteiger partial charge in [-0.15, -0.1) is 0 Å². The van der Waals surface area contributed by atoms with Crippen LogP contribution in [0.5, 0.6) is 0 Å². The van der Waals surface area contributed by atoms with Gasteiger partial charge >= 0.3 is 0 Å². The van der Waals surface area contributed by atoms with Crippen LogP contribution in [-0.2, 0) is 4.74 Å². The van der Waals surface area contributed by atoms with Crippen molar-refractivity contribution in [3.63, 3.8) is 0 Å². The Morgan fingerprint density at radius 1 is 1.31 bits per heavy atom. The zero-order chi connectivity index (χ0) is 9.10. The quantitative estimate of drug-likeness (QED) is 0.675. The van der Waals surface area contributed by atoms with E-state index >= 15 is 0 Å². The molecule has 1 aromatic rings. The van der Waals surface area contributed by atoms with Crippen molar-refractivity contribution in [2.75, 3.05) is 13.2 Å². The Bertz CT molecular complexity index is 335. The van der Waals surface area contributed by atoms with Gasteiger partial charge in [-0.05, 0) is 12.1 Å². The van der Waals surface area contributed by atoms with Crippen molar-refractivity contribution < 1.29 is 4.74 Å². The van der Waals surface area contributed by atoms with E-state index in [1.54, 1.807) is 0 Å². The third kappa shape index (κ3) is 1.83. The lowest BCUT2D eigenvalue weighted by molar-refractivity contribution is 0.284. The summed E-state index contributed by atoms with van der Waals surface area (Å²) in [7, 11) is 0. The highest BCUT2D eigenvalue weighted by atomic mass is 35.5. The number of hydrogen-bond acceptors (Lipinski definition) is 2. The highest BCUT2D eigenvalue weighted by molar-refractivity contribution is 6.33. The summed E-state index contributed by atoms with van der Waals surface area (Å²) in [5.74, 6) is 0.678. The van der Waals surface area contributed by atoms with Crippen molar-refractivity contribution in [2.24, 2.45) is 4.99 Å². The van der Waals surface area contributed by atoms with Gasteiger partial charge in [0.1, 0.15) is 0 Å². The van der Waals surface area contributed by atoms with E-state index in [1.165, 1.54) is 0 Å². The first kappa shape index (κ1) is 8.57. The second kappa shape index (κ2) is 3.79. The summed E-state index contributed by atoms with van der Waals surface area (Å²) in [6.45, 7) is 1.57. The van der Waals surface area contributed by atoms with Crippen molar-refractivity contribution in [3.05, 3.63) is 34.9 Å². The first-order valence-electron chi connectivity index (χ1n) is 4.30. The van der Waals surface area contributed by atoms with Crippen LogP contribution in [0.1, 0.15) is 12.0 Å². The van der Waals surface area contributed by atoms with Gasteiger partial charge < -0.3 is 4.74 Å². The fraction of sp³-hybridized carbons (Fsp3) is 0.300. The molecule has 1 heterocycles. The highest BCUT2D eigenvalue weighted by Gasteiger charge is 2.11. The van der Waals surface area contributed by atoms with Crippen LogP contribution in [0.3, 0.4) is 0 Å². The fourth-order valence-electron chi connectivity index (χ4n) is 1.26. The lowest BCUT2D eigenvalue weighted by Crippen LogP contribution is -2.14. The molecule has 3 heteroatoms. The molecule has 0 saturated carbocycles. The van der Waals surface area contributed by atoms with Gasteiger partial charge in [-0.1, -0.05) is 23.7 Å².